The highest BCUT2D eigenvalue weighted by Crippen LogP contribution is 2.24. The van der Waals surface area contributed by atoms with Crippen LogP contribution in [0.5, 0.6) is 0 Å². The number of nitrogens with zero attached hydrogens (tertiary/aromatic N) is 2. The second kappa shape index (κ2) is 6.58. The van der Waals surface area contributed by atoms with E-state index in [1.165, 1.54) is 58.4 Å². The molecule has 3 nitrogen and oxygen atoms in total. The first-order valence-corrected chi connectivity index (χ1v) is 7.07. The van der Waals surface area contributed by atoms with Gasteiger partial charge in [0, 0.05) is 45.3 Å². The van der Waals surface area contributed by atoms with E-state index in [1.54, 1.807) is 0 Å². The fourth-order valence-electron chi connectivity index (χ4n) is 3.04. The third kappa shape index (κ3) is 3.44. The molecule has 0 atom stereocenters. The van der Waals surface area contributed by atoms with Crippen molar-refractivity contribution >= 4 is 0 Å². The summed E-state index contributed by atoms with van der Waals surface area (Å²) in [6.07, 6.45) is 5.84. The Hall–Kier alpha value is -0.120. The Balaban J connectivity index is 1.62. The fraction of sp³-hybridized carbons (Fsp3) is 1.00. The van der Waals surface area contributed by atoms with Crippen LogP contribution in [0, 0.1) is 0 Å². The van der Waals surface area contributed by atoms with Gasteiger partial charge < -0.3 is 5.32 Å². The molecule has 1 aliphatic carbocycles. The lowest BCUT2D eigenvalue weighted by Gasteiger charge is -2.38. The van der Waals surface area contributed by atoms with E-state index in [1.807, 2.05) is 0 Å². The molecule has 1 heterocycles. The molecule has 16 heavy (non-hydrogen) atoms. The largest absolute Gasteiger partial charge is 0.316 e. The van der Waals surface area contributed by atoms with E-state index in [4.69, 9.17) is 0 Å². The van der Waals surface area contributed by atoms with Crippen LogP contribution in [0.15, 0.2) is 0 Å². The van der Waals surface area contributed by atoms with Gasteiger partial charge >= 0.3 is 0 Å². The second-order valence-electron chi connectivity index (χ2n) is 5.17. The molecule has 1 N–H and O–H groups in total. The van der Waals surface area contributed by atoms with Crippen LogP contribution in [0.1, 0.15) is 32.6 Å². The maximum Gasteiger partial charge on any atom is 0.0113 e. The normalized spacial score (nSPS) is 25.3. The van der Waals surface area contributed by atoms with Crippen LogP contribution in [0.2, 0.25) is 0 Å². The van der Waals surface area contributed by atoms with Crippen molar-refractivity contribution < 1.29 is 0 Å². The van der Waals surface area contributed by atoms with Gasteiger partial charge in [0.25, 0.3) is 0 Å². The molecule has 0 amide bonds. The van der Waals surface area contributed by atoms with Crippen molar-refractivity contribution in [2.45, 2.75) is 38.6 Å². The van der Waals surface area contributed by atoms with Crippen molar-refractivity contribution in [3.8, 4) is 0 Å². The van der Waals surface area contributed by atoms with Crippen molar-refractivity contribution in [3.05, 3.63) is 0 Å². The van der Waals surface area contributed by atoms with Crippen LogP contribution in [0.25, 0.3) is 0 Å². The summed E-state index contributed by atoms with van der Waals surface area (Å²) in [6.45, 7) is 10.8. The lowest BCUT2D eigenvalue weighted by Crippen LogP contribution is -2.50. The molecule has 2 rings (SSSR count). The third-order valence-corrected chi connectivity index (χ3v) is 4.10. The van der Waals surface area contributed by atoms with Gasteiger partial charge in [0.1, 0.15) is 0 Å². The number of hydrogen-bond donors (Lipinski definition) is 1. The van der Waals surface area contributed by atoms with Crippen LogP contribution in [-0.2, 0) is 0 Å². The van der Waals surface area contributed by atoms with Gasteiger partial charge in [-0.05, 0) is 19.4 Å². The second-order valence-corrected chi connectivity index (χ2v) is 5.17. The standard InChI is InChI=1S/C13H27N3/c1-2-14-7-8-15-9-11-16(12-10-15)13-5-3-4-6-13/h13-14H,2-12H2,1H3. The molecule has 0 aromatic rings. The molecule has 0 spiro atoms. The molecular formula is C13H27N3. The maximum atomic E-state index is 3.41. The first-order valence-electron chi connectivity index (χ1n) is 7.07. The maximum absolute atomic E-state index is 3.41. The van der Waals surface area contributed by atoms with Gasteiger partial charge in [-0.3, -0.25) is 9.80 Å². The number of likely N-dealkylation sites (N-methyl/N-ethyl adjacent to an activating group) is 1. The van der Waals surface area contributed by atoms with Gasteiger partial charge in [-0.15, -0.1) is 0 Å². The Labute approximate surface area is 100 Å². The summed E-state index contributed by atoms with van der Waals surface area (Å²) in [4.78, 5) is 5.34. The van der Waals surface area contributed by atoms with E-state index in [0.717, 1.165) is 19.1 Å². The van der Waals surface area contributed by atoms with Gasteiger partial charge in [-0.25, -0.2) is 0 Å². The molecule has 3 heteroatoms. The molecule has 0 bridgehead atoms. The number of piperazine rings is 1. The predicted octanol–water partition coefficient (Wildman–Crippen LogP) is 1.16. The molecule has 1 aliphatic heterocycles. The summed E-state index contributed by atoms with van der Waals surface area (Å²) >= 11 is 0. The van der Waals surface area contributed by atoms with Crippen molar-refractivity contribution in [2.75, 3.05) is 45.8 Å². The predicted molar refractivity (Wildman–Crippen MR) is 68.8 cm³/mol. The molecule has 0 unspecified atom stereocenters. The Morgan fingerprint density at radius 1 is 1.06 bits per heavy atom. The fourth-order valence-corrected chi connectivity index (χ4v) is 3.04. The van der Waals surface area contributed by atoms with Crippen molar-refractivity contribution in [3.63, 3.8) is 0 Å². The summed E-state index contributed by atoms with van der Waals surface area (Å²) in [5.41, 5.74) is 0. The van der Waals surface area contributed by atoms with Crippen molar-refractivity contribution in [1.82, 2.24) is 15.1 Å². The number of nitrogens with one attached hydrogen (secondary N) is 1. The summed E-state index contributed by atoms with van der Waals surface area (Å²) in [7, 11) is 0. The van der Waals surface area contributed by atoms with Crippen molar-refractivity contribution in [1.29, 1.82) is 0 Å². The van der Waals surface area contributed by atoms with Gasteiger partial charge in [0.05, 0.1) is 0 Å². The molecular weight excluding hydrogens is 198 g/mol. The van der Waals surface area contributed by atoms with Gasteiger partial charge in [0.2, 0.25) is 0 Å². The Morgan fingerprint density at radius 3 is 2.38 bits per heavy atom. The summed E-state index contributed by atoms with van der Waals surface area (Å²) < 4.78 is 0. The number of rotatable bonds is 5. The Morgan fingerprint density at radius 2 is 1.75 bits per heavy atom. The summed E-state index contributed by atoms with van der Waals surface area (Å²) in [5, 5.41) is 3.41. The highest BCUT2D eigenvalue weighted by atomic mass is 15.3. The Kier molecular flexibility index (Phi) is 5.07. The lowest BCUT2D eigenvalue weighted by molar-refractivity contribution is 0.0985. The SMILES string of the molecule is CCNCCN1CCN(C2CCCC2)CC1. The molecule has 0 aromatic carbocycles. The molecule has 0 aromatic heterocycles. The van der Waals surface area contributed by atoms with Crippen LogP contribution in [0.3, 0.4) is 0 Å². The Bertz CT molecular complexity index is 182. The first-order chi connectivity index (χ1) is 7.90. The van der Waals surface area contributed by atoms with Crippen LogP contribution >= 0.6 is 0 Å². The topological polar surface area (TPSA) is 18.5 Å². The third-order valence-electron chi connectivity index (χ3n) is 4.10. The van der Waals surface area contributed by atoms with E-state index >= 15 is 0 Å². The zero-order valence-corrected chi connectivity index (χ0v) is 10.7. The molecule has 2 fully saturated rings. The van der Waals surface area contributed by atoms with Crippen LogP contribution in [-0.4, -0.2) is 61.7 Å². The minimum Gasteiger partial charge on any atom is -0.316 e. The average molecular weight is 225 g/mol. The smallest absolute Gasteiger partial charge is 0.0113 e. The van der Waals surface area contributed by atoms with E-state index in [0.29, 0.717) is 0 Å². The van der Waals surface area contributed by atoms with E-state index in [-0.39, 0.29) is 0 Å². The van der Waals surface area contributed by atoms with E-state index in [9.17, 15) is 0 Å². The molecule has 1 saturated carbocycles. The highest BCUT2D eigenvalue weighted by Gasteiger charge is 2.25. The first kappa shape index (κ1) is 12.3. The minimum absolute atomic E-state index is 0.927. The van der Waals surface area contributed by atoms with Gasteiger partial charge in [-0.1, -0.05) is 19.8 Å². The van der Waals surface area contributed by atoms with Crippen LogP contribution in [0.4, 0.5) is 0 Å². The minimum atomic E-state index is 0.927. The highest BCUT2D eigenvalue weighted by molar-refractivity contribution is 4.82. The van der Waals surface area contributed by atoms with Crippen molar-refractivity contribution in [2.24, 2.45) is 0 Å². The molecule has 1 saturated heterocycles. The summed E-state index contributed by atoms with van der Waals surface area (Å²) in [5.74, 6) is 0. The monoisotopic (exact) mass is 225 g/mol. The average Bonchev–Trinajstić information content (AvgIpc) is 2.84. The molecule has 2 aliphatic rings. The zero-order valence-electron chi connectivity index (χ0n) is 10.7. The quantitative estimate of drug-likeness (QED) is 0.708. The van der Waals surface area contributed by atoms with Crippen LogP contribution < -0.4 is 5.32 Å². The van der Waals surface area contributed by atoms with E-state index in [2.05, 4.69) is 22.0 Å². The molecule has 0 radical (unpaired) electrons. The molecule has 94 valence electrons. The van der Waals surface area contributed by atoms with Gasteiger partial charge in [0.15, 0.2) is 0 Å². The summed E-state index contributed by atoms with van der Waals surface area (Å²) in [6, 6.07) is 0.927. The lowest BCUT2D eigenvalue weighted by atomic mass is 10.2. The number of hydrogen-bond acceptors (Lipinski definition) is 3. The zero-order chi connectivity index (χ0) is 11.2. The van der Waals surface area contributed by atoms with Gasteiger partial charge in [-0.2, -0.15) is 0 Å². The van der Waals surface area contributed by atoms with E-state index < -0.39 is 0 Å².